The summed E-state index contributed by atoms with van der Waals surface area (Å²) in [5, 5.41) is 2.67. The summed E-state index contributed by atoms with van der Waals surface area (Å²) in [6.45, 7) is 0.561. The van der Waals surface area contributed by atoms with Gasteiger partial charge in [0.1, 0.15) is 11.4 Å². The number of nitrogens with one attached hydrogen (secondary N) is 1. The van der Waals surface area contributed by atoms with Gasteiger partial charge in [-0.2, -0.15) is 0 Å². The minimum atomic E-state index is -1.52. The summed E-state index contributed by atoms with van der Waals surface area (Å²) in [5.74, 6) is 0.188. The number of rotatable bonds is 6. The minimum absolute atomic E-state index is 0.0748. The minimum Gasteiger partial charge on any atom is -0.497 e. The van der Waals surface area contributed by atoms with E-state index in [4.69, 9.17) is 4.74 Å². The highest BCUT2D eigenvalue weighted by molar-refractivity contribution is 9.10. The lowest BCUT2D eigenvalue weighted by Crippen LogP contribution is -2.49. The van der Waals surface area contributed by atoms with E-state index in [9.17, 15) is 9.59 Å². The molecule has 5 nitrogen and oxygen atoms in total. The molecule has 0 aliphatic carbocycles. The van der Waals surface area contributed by atoms with Crippen LogP contribution in [0.1, 0.15) is 28.8 Å². The van der Waals surface area contributed by atoms with Gasteiger partial charge < -0.3 is 15.0 Å². The van der Waals surface area contributed by atoms with Gasteiger partial charge in [-0.1, -0.05) is 28.1 Å². The first kappa shape index (κ1) is 22.0. The summed E-state index contributed by atoms with van der Waals surface area (Å²) in [5.41, 5.74) is -0.149. The molecule has 0 aromatic heterocycles. The van der Waals surface area contributed by atoms with Crippen LogP contribution < -0.4 is 10.1 Å². The van der Waals surface area contributed by atoms with Crippen LogP contribution in [0, 0.1) is 0 Å². The molecule has 1 heterocycles. The zero-order valence-electron chi connectivity index (χ0n) is 16.7. The topological polar surface area (TPSA) is 58.6 Å². The highest BCUT2D eigenvalue weighted by Gasteiger charge is 2.35. The van der Waals surface area contributed by atoms with E-state index in [2.05, 4.69) is 21.2 Å². The van der Waals surface area contributed by atoms with Crippen LogP contribution in [0.25, 0.3) is 6.08 Å². The number of ether oxygens (including phenoxy) is 1. The van der Waals surface area contributed by atoms with Gasteiger partial charge in [-0.05, 0) is 48.0 Å². The fraction of sp³-hybridized carbons (Fsp3) is 0.304. The normalized spacial score (nSPS) is 15.8. The number of hydrogen-bond donors (Lipinski definition) is 1. The molecule has 1 aliphatic heterocycles. The van der Waals surface area contributed by atoms with E-state index in [1.165, 1.54) is 6.08 Å². The summed E-state index contributed by atoms with van der Waals surface area (Å²) < 4.78 is 21.1. The Bertz CT molecular complexity index is 905. The quantitative estimate of drug-likeness (QED) is 0.637. The van der Waals surface area contributed by atoms with Crippen LogP contribution in [0.2, 0.25) is 0 Å². The molecule has 0 saturated carbocycles. The zero-order valence-corrected chi connectivity index (χ0v) is 18.3. The molecule has 158 valence electrons. The SMILES string of the molecule is COc1ccc(C(=O)NCC2(F)CCN(C(=O)/C=C/c3ccc(Br)cc3)CC2)cc1. The fourth-order valence-corrected chi connectivity index (χ4v) is 3.50. The zero-order chi connectivity index (χ0) is 21.6. The molecule has 0 radical (unpaired) electrons. The Labute approximate surface area is 184 Å². The van der Waals surface area contributed by atoms with Crippen molar-refractivity contribution >= 4 is 33.8 Å². The predicted molar refractivity (Wildman–Crippen MR) is 118 cm³/mol. The van der Waals surface area contributed by atoms with E-state index in [0.717, 1.165) is 10.0 Å². The van der Waals surface area contributed by atoms with Gasteiger partial charge in [0.15, 0.2) is 0 Å². The Kier molecular flexibility index (Phi) is 7.26. The van der Waals surface area contributed by atoms with E-state index in [1.54, 1.807) is 42.4 Å². The van der Waals surface area contributed by atoms with Crippen LogP contribution in [0.4, 0.5) is 4.39 Å². The molecule has 3 rings (SSSR count). The van der Waals surface area contributed by atoms with Crippen molar-refractivity contribution in [3.63, 3.8) is 0 Å². The van der Waals surface area contributed by atoms with Gasteiger partial charge in [-0.15, -0.1) is 0 Å². The summed E-state index contributed by atoms with van der Waals surface area (Å²) in [4.78, 5) is 26.3. The largest absolute Gasteiger partial charge is 0.497 e. The number of methoxy groups -OCH3 is 1. The number of nitrogens with zero attached hydrogens (tertiary/aromatic N) is 1. The molecule has 1 N–H and O–H groups in total. The van der Waals surface area contributed by atoms with Crippen LogP contribution in [0.15, 0.2) is 59.1 Å². The fourth-order valence-electron chi connectivity index (χ4n) is 3.23. The molecule has 2 aromatic rings. The molecule has 0 spiro atoms. The average molecular weight is 475 g/mol. The Balaban J connectivity index is 1.47. The van der Waals surface area contributed by atoms with Crippen molar-refractivity contribution in [3.05, 3.63) is 70.2 Å². The van der Waals surface area contributed by atoms with Gasteiger partial charge in [0.05, 0.1) is 13.7 Å². The van der Waals surface area contributed by atoms with Crippen molar-refractivity contribution in [2.45, 2.75) is 18.5 Å². The second-order valence-corrected chi connectivity index (χ2v) is 8.19. The maximum atomic E-state index is 15.1. The Morgan fingerprint density at radius 3 is 2.37 bits per heavy atom. The second kappa shape index (κ2) is 9.89. The molecule has 1 aliphatic rings. The van der Waals surface area contributed by atoms with Gasteiger partial charge in [0.2, 0.25) is 5.91 Å². The lowest BCUT2D eigenvalue weighted by atomic mass is 9.93. The van der Waals surface area contributed by atoms with E-state index < -0.39 is 5.67 Å². The second-order valence-electron chi connectivity index (χ2n) is 7.27. The van der Waals surface area contributed by atoms with Gasteiger partial charge in [-0.25, -0.2) is 4.39 Å². The molecule has 0 unspecified atom stereocenters. The maximum Gasteiger partial charge on any atom is 0.251 e. The third-order valence-corrected chi connectivity index (χ3v) is 5.71. The van der Waals surface area contributed by atoms with E-state index >= 15 is 4.39 Å². The lowest BCUT2D eigenvalue weighted by molar-refractivity contribution is -0.128. The molecule has 1 saturated heterocycles. The van der Waals surface area contributed by atoms with Crippen molar-refractivity contribution in [3.8, 4) is 5.75 Å². The standard InChI is InChI=1S/C23H24BrFN2O3/c1-30-20-9-5-18(6-10-20)22(29)26-16-23(25)12-14-27(15-13-23)21(28)11-4-17-2-7-19(24)8-3-17/h2-11H,12-16H2,1H3,(H,26,29)/b11-4+. The highest BCUT2D eigenvalue weighted by Crippen LogP contribution is 2.26. The number of likely N-dealkylation sites (tertiary alicyclic amines) is 1. The number of alkyl halides is 1. The van der Waals surface area contributed by atoms with Crippen LogP contribution in [-0.2, 0) is 4.79 Å². The first-order valence-electron chi connectivity index (χ1n) is 9.72. The maximum absolute atomic E-state index is 15.1. The summed E-state index contributed by atoms with van der Waals surface area (Å²) >= 11 is 3.37. The van der Waals surface area contributed by atoms with E-state index in [0.29, 0.717) is 24.4 Å². The average Bonchev–Trinajstić information content (AvgIpc) is 2.77. The lowest BCUT2D eigenvalue weighted by Gasteiger charge is -2.36. The molecular formula is C23H24BrFN2O3. The number of carbonyl (C=O) groups is 2. The van der Waals surface area contributed by atoms with Gasteiger partial charge in [-0.3, -0.25) is 9.59 Å². The molecule has 0 bridgehead atoms. The number of hydrogen-bond acceptors (Lipinski definition) is 3. The summed E-state index contributed by atoms with van der Waals surface area (Å²) in [7, 11) is 1.55. The van der Waals surface area contributed by atoms with Crippen molar-refractivity contribution in [2.75, 3.05) is 26.7 Å². The number of carbonyl (C=O) groups excluding carboxylic acids is 2. The van der Waals surface area contributed by atoms with Crippen molar-refractivity contribution in [1.82, 2.24) is 10.2 Å². The third kappa shape index (κ3) is 5.92. The highest BCUT2D eigenvalue weighted by atomic mass is 79.9. The number of amides is 2. The molecule has 30 heavy (non-hydrogen) atoms. The predicted octanol–water partition coefficient (Wildman–Crippen LogP) is 4.23. The molecule has 2 amide bonds. The first-order chi connectivity index (χ1) is 14.4. The van der Waals surface area contributed by atoms with Crippen molar-refractivity contribution in [1.29, 1.82) is 0 Å². The van der Waals surface area contributed by atoms with Crippen molar-refractivity contribution in [2.24, 2.45) is 0 Å². The third-order valence-electron chi connectivity index (χ3n) is 5.18. The van der Waals surface area contributed by atoms with Crippen LogP contribution in [-0.4, -0.2) is 49.1 Å². The van der Waals surface area contributed by atoms with E-state index in [-0.39, 0.29) is 31.2 Å². The smallest absolute Gasteiger partial charge is 0.251 e. The molecule has 2 aromatic carbocycles. The van der Waals surface area contributed by atoms with Gasteiger partial charge in [0, 0.05) is 42.0 Å². The number of halogens is 2. The molecule has 0 atom stereocenters. The van der Waals surface area contributed by atoms with E-state index in [1.807, 2.05) is 24.3 Å². The summed E-state index contributed by atoms with van der Waals surface area (Å²) in [6, 6.07) is 14.3. The molecular weight excluding hydrogens is 451 g/mol. The first-order valence-corrected chi connectivity index (χ1v) is 10.5. The Morgan fingerprint density at radius 1 is 1.13 bits per heavy atom. The van der Waals surface area contributed by atoms with Crippen LogP contribution >= 0.6 is 15.9 Å². The Morgan fingerprint density at radius 2 is 1.77 bits per heavy atom. The monoisotopic (exact) mass is 474 g/mol. The van der Waals surface area contributed by atoms with Gasteiger partial charge >= 0.3 is 0 Å². The number of piperidine rings is 1. The van der Waals surface area contributed by atoms with Crippen LogP contribution in [0.3, 0.4) is 0 Å². The van der Waals surface area contributed by atoms with Gasteiger partial charge in [0.25, 0.3) is 5.91 Å². The summed E-state index contributed by atoms with van der Waals surface area (Å²) in [6.07, 6.45) is 3.64. The number of benzene rings is 2. The Hall–Kier alpha value is -2.67. The van der Waals surface area contributed by atoms with Crippen molar-refractivity contribution < 1.29 is 18.7 Å². The molecule has 1 fully saturated rings. The molecule has 7 heteroatoms. The van der Waals surface area contributed by atoms with Crippen LogP contribution in [0.5, 0.6) is 5.75 Å².